The van der Waals surface area contributed by atoms with Gasteiger partial charge in [0.2, 0.25) is 0 Å². The molecule has 4 rings (SSSR count). The zero-order valence-electron chi connectivity index (χ0n) is 17.3. The van der Waals surface area contributed by atoms with E-state index in [0.717, 1.165) is 33.4 Å². The molecule has 1 fully saturated rings. The number of hydrogen-bond donors (Lipinski definition) is 1. The third kappa shape index (κ3) is 3.80. The molecule has 0 unspecified atom stereocenters. The molecule has 1 N–H and O–H groups in total. The Morgan fingerprint density at radius 3 is 2.29 bits per heavy atom. The number of nitrogens with zero attached hydrogens (tertiary/aromatic N) is 1. The lowest BCUT2D eigenvalue weighted by Crippen LogP contribution is -2.54. The van der Waals surface area contributed by atoms with Crippen LogP contribution in [0.2, 0.25) is 0 Å². The van der Waals surface area contributed by atoms with Gasteiger partial charge in [-0.05, 0) is 54.1 Å². The van der Waals surface area contributed by atoms with E-state index in [2.05, 4.69) is 5.32 Å². The molecule has 0 aliphatic carbocycles. The van der Waals surface area contributed by atoms with Gasteiger partial charge < -0.3 is 4.74 Å². The molecule has 4 amide bonds. The lowest BCUT2D eigenvalue weighted by molar-refractivity contribution is -0.122. The van der Waals surface area contributed by atoms with E-state index in [4.69, 9.17) is 4.74 Å². The summed E-state index contributed by atoms with van der Waals surface area (Å²) in [6.07, 6.45) is 2.37. The van der Waals surface area contributed by atoms with Crippen LogP contribution in [-0.2, 0) is 16.0 Å². The van der Waals surface area contributed by atoms with Crippen LogP contribution in [0, 0.1) is 0 Å². The van der Waals surface area contributed by atoms with E-state index in [1.54, 1.807) is 18.2 Å². The van der Waals surface area contributed by atoms with Gasteiger partial charge in [-0.1, -0.05) is 49.4 Å². The SMILES string of the molecule is CCOc1ccc(/C=C2/C(=O)NC(=O)N(c3ccc(CC)cc3)C2=O)c2ccccc12. The number of carbonyl (C=O) groups excluding carboxylic acids is 3. The fourth-order valence-electron chi connectivity index (χ4n) is 3.63. The monoisotopic (exact) mass is 414 g/mol. The number of urea groups is 1. The van der Waals surface area contributed by atoms with Gasteiger partial charge in [-0.2, -0.15) is 0 Å². The van der Waals surface area contributed by atoms with Crippen molar-refractivity contribution in [3.63, 3.8) is 0 Å². The van der Waals surface area contributed by atoms with Crippen molar-refractivity contribution in [2.24, 2.45) is 0 Å². The van der Waals surface area contributed by atoms with Crippen LogP contribution in [0.4, 0.5) is 10.5 Å². The quantitative estimate of drug-likeness (QED) is 0.494. The first-order chi connectivity index (χ1) is 15.0. The second kappa shape index (κ2) is 8.44. The van der Waals surface area contributed by atoms with E-state index in [1.807, 2.05) is 56.3 Å². The molecule has 1 saturated heterocycles. The number of ether oxygens (including phenoxy) is 1. The minimum Gasteiger partial charge on any atom is -0.493 e. The molecular formula is C25H22N2O4. The van der Waals surface area contributed by atoms with Crippen molar-refractivity contribution in [3.8, 4) is 5.75 Å². The summed E-state index contributed by atoms with van der Waals surface area (Å²) in [6.45, 7) is 4.46. The predicted molar refractivity (Wildman–Crippen MR) is 120 cm³/mol. The van der Waals surface area contributed by atoms with Gasteiger partial charge in [0.1, 0.15) is 11.3 Å². The van der Waals surface area contributed by atoms with Gasteiger partial charge in [0, 0.05) is 5.39 Å². The zero-order valence-corrected chi connectivity index (χ0v) is 17.3. The Kier molecular flexibility index (Phi) is 5.54. The first kappa shape index (κ1) is 20.3. The molecule has 1 heterocycles. The number of hydrogen-bond acceptors (Lipinski definition) is 4. The maximum absolute atomic E-state index is 13.2. The third-order valence-corrected chi connectivity index (χ3v) is 5.22. The molecule has 0 saturated carbocycles. The Morgan fingerprint density at radius 1 is 0.903 bits per heavy atom. The fourth-order valence-corrected chi connectivity index (χ4v) is 3.63. The number of carbonyl (C=O) groups is 3. The molecule has 156 valence electrons. The van der Waals surface area contributed by atoms with E-state index in [1.165, 1.54) is 6.08 Å². The first-order valence-corrected chi connectivity index (χ1v) is 10.2. The van der Waals surface area contributed by atoms with E-state index >= 15 is 0 Å². The Morgan fingerprint density at radius 2 is 1.61 bits per heavy atom. The van der Waals surface area contributed by atoms with Gasteiger partial charge >= 0.3 is 6.03 Å². The van der Waals surface area contributed by atoms with Crippen molar-refractivity contribution < 1.29 is 19.1 Å². The highest BCUT2D eigenvalue weighted by molar-refractivity contribution is 6.39. The molecule has 6 nitrogen and oxygen atoms in total. The highest BCUT2D eigenvalue weighted by Crippen LogP contribution is 2.31. The fraction of sp³-hybridized carbons (Fsp3) is 0.160. The van der Waals surface area contributed by atoms with Crippen molar-refractivity contribution in [1.29, 1.82) is 0 Å². The molecule has 3 aromatic rings. The van der Waals surface area contributed by atoms with E-state index < -0.39 is 17.8 Å². The summed E-state index contributed by atoms with van der Waals surface area (Å²) in [5.41, 5.74) is 2.08. The van der Waals surface area contributed by atoms with Crippen LogP contribution in [0.1, 0.15) is 25.0 Å². The molecule has 0 aromatic heterocycles. The predicted octanol–water partition coefficient (Wildman–Crippen LogP) is 4.47. The lowest BCUT2D eigenvalue weighted by atomic mass is 10.00. The van der Waals surface area contributed by atoms with Gasteiger partial charge in [0.25, 0.3) is 11.8 Å². The Hall–Kier alpha value is -3.93. The van der Waals surface area contributed by atoms with E-state index in [0.29, 0.717) is 17.9 Å². The average Bonchev–Trinajstić information content (AvgIpc) is 2.78. The number of aryl methyl sites for hydroxylation is 1. The highest BCUT2D eigenvalue weighted by Gasteiger charge is 2.36. The molecule has 0 atom stereocenters. The Balaban J connectivity index is 1.78. The maximum Gasteiger partial charge on any atom is 0.335 e. The van der Waals surface area contributed by atoms with Crippen molar-refractivity contribution in [2.45, 2.75) is 20.3 Å². The van der Waals surface area contributed by atoms with E-state index in [9.17, 15) is 14.4 Å². The van der Waals surface area contributed by atoms with Gasteiger partial charge in [-0.25, -0.2) is 9.69 Å². The van der Waals surface area contributed by atoms with Crippen LogP contribution in [0.3, 0.4) is 0 Å². The number of imide groups is 2. The lowest BCUT2D eigenvalue weighted by Gasteiger charge is -2.26. The average molecular weight is 414 g/mol. The molecule has 6 heteroatoms. The summed E-state index contributed by atoms with van der Waals surface area (Å²) in [7, 11) is 0. The molecule has 0 radical (unpaired) electrons. The van der Waals surface area contributed by atoms with Crippen LogP contribution in [0.25, 0.3) is 16.8 Å². The first-order valence-electron chi connectivity index (χ1n) is 10.2. The molecule has 1 aliphatic rings. The second-order valence-electron chi connectivity index (χ2n) is 7.11. The standard InChI is InChI=1S/C25H22N2O4/c1-3-16-9-12-18(13-10-16)27-24(29)21(23(28)26-25(27)30)15-17-11-14-22(31-4-2)20-8-6-5-7-19(17)20/h5-15H,3-4H2,1-2H3,(H,26,28,30)/b21-15-. The number of fused-ring (bicyclic) bond motifs is 1. The van der Waals surface area contributed by atoms with Crippen molar-refractivity contribution >= 4 is 40.4 Å². The highest BCUT2D eigenvalue weighted by atomic mass is 16.5. The summed E-state index contributed by atoms with van der Waals surface area (Å²) >= 11 is 0. The second-order valence-corrected chi connectivity index (χ2v) is 7.11. The summed E-state index contributed by atoms with van der Waals surface area (Å²) < 4.78 is 5.69. The number of rotatable bonds is 5. The van der Waals surface area contributed by atoms with Crippen LogP contribution < -0.4 is 15.0 Å². The normalized spacial score (nSPS) is 15.5. The van der Waals surface area contributed by atoms with Crippen LogP contribution in [0.15, 0.2) is 66.2 Å². The molecule has 3 aromatic carbocycles. The molecule has 0 bridgehead atoms. The Bertz CT molecular complexity index is 1210. The van der Waals surface area contributed by atoms with Crippen LogP contribution in [0.5, 0.6) is 5.75 Å². The Labute approximate surface area is 180 Å². The van der Waals surface area contributed by atoms with Gasteiger partial charge in [0.15, 0.2) is 0 Å². The number of benzene rings is 3. The number of barbiturate groups is 1. The van der Waals surface area contributed by atoms with Gasteiger partial charge in [-0.15, -0.1) is 0 Å². The molecule has 0 spiro atoms. The topological polar surface area (TPSA) is 75.7 Å². The zero-order chi connectivity index (χ0) is 22.0. The summed E-state index contributed by atoms with van der Waals surface area (Å²) in [5.74, 6) is -0.641. The third-order valence-electron chi connectivity index (χ3n) is 5.22. The van der Waals surface area contributed by atoms with Crippen molar-refractivity contribution in [2.75, 3.05) is 11.5 Å². The van der Waals surface area contributed by atoms with Crippen molar-refractivity contribution in [3.05, 3.63) is 77.4 Å². The number of anilines is 1. The van der Waals surface area contributed by atoms with E-state index in [-0.39, 0.29) is 5.57 Å². The summed E-state index contributed by atoms with van der Waals surface area (Å²) in [4.78, 5) is 39.1. The number of nitrogens with one attached hydrogen (secondary N) is 1. The minimum absolute atomic E-state index is 0.103. The summed E-state index contributed by atoms with van der Waals surface area (Å²) in [6, 6.07) is 17.6. The van der Waals surface area contributed by atoms with Crippen LogP contribution >= 0.6 is 0 Å². The smallest absolute Gasteiger partial charge is 0.335 e. The maximum atomic E-state index is 13.2. The molecular weight excluding hydrogens is 392 g/mol. The number of amides is 4. The largest absolute Gasteiger partial charge is 0.493 e. The van der Waals surface area contributed by atoms with Crippen molar-refractivity contribution in [1.82, 2.24) is 5.32 Å². The van der Waals surface area contributed by atoms with Gasteiger partial charge in [0.05, 0.1) is 12.3 Å². The summed E-state index contributed by atoms with van der Waals surface area (Å²) in [5, 5.41) is 4.00. The van der Waals surface area contributed by atoms with Gasteiger partial charge in [-0.3, -0.25) is 14.9 Å². The molecule has 31 heavy (non-hydrogen) atoms. The van der Waals surface area contributed by atoms with Crippen LogP contribution in [-0.4, -0.2) is 24.5 Å². The minimum atomic E-state index is -0.757. The molecule has 1 aliphatic heterocycles.